The zero-order valence-corrected chi connectivity index (χ0v) is 20.4. The summed E-state index contributed by atoms with van der Waals surface area (Å²) in [5.74, 6) is 0.562. The van der Waals surface area contributed by atoms with E-state index < -0.39 is 0 Å². The molecule has 0 spiro atoms. The normalized spacial score (nSPS) is 14.7. The molecule has 5 nitrogen and oxygen atoms in total. The fourth-order valence-electron chi connectivity index (χ4n) is 3.40. The lowest BCUT2D eigenvalue weighted by Crippen LogP contribution is -2.38. The molecule has 2 aromatic carbocycles. The number of nitrogens with one attached hydrogen (secondary N) is 2. The summed E-state index contributed by atoms with van der Waals surface area (Å²) in [5.41, 5.74) is 3.28. The van der Waals surface area contributed by atoms with E-state index >= 15 is 0 Å². The minimum Gasteiger partial charge on any atom is -0.381 e. The van der Waals surface area contributed by atoms with Crippen molar-refractivity contribution in [1.82, 2.24) is 10.6 Å². The molecule has 0 amide bonds. The van der Waals surface area contributed by atoms with Gasteiger partial charge < -0.3 is 20.1 Å². The largest absolute Gasteiger partial charge is 0.381 e. The monoisotopic (exact) mass is 541 g/mol. The van der Waals surface area contributed by atoms with E-state index in [1.54, 1.807) is 12.1 Å². The summed E-state index contributed by atoms with van der Waals surface area (Å²) < 4.78 is 24.7. The Bertz CT molecular complexity index is 813. The number of guanidine groups is 1. The van der Waals surface area contributed by atoms with Gasteiger partial charge in [-0.2, -0.15) is 0 Å². The highest BCUT2D eigenvalue weighted by atomic mass is 127. The Hall–Kier alpha value is -1.71. The lowest BCUT2D eigenvalue weighted by Gasteiger charge is -2.22. The van der Waals surface area contributed by atoms with Crippen LogP contribution in [0, 0.1) is 5.82 Å². The highest BCUT2D eigenvalue weighted by Gasteiger charge is 2.14. The minimum absolute atomic E-state index is 0. The van der Waals surface area contributed by atoms with Gasteiger partial charge in [0.05, 0.1) is 19.3 Å². The Morgan fingerprint density at radius 1 is 1.06 bits per heavy atom. The molecule has 1 saturated heterocycles. The summed E-state index contributed by atoms with van der Waals surface area (Å²) in [6.45, 7) is 6.29. The van der Waals surface area contributed by atoms with Crippen molar-refractivity contribution in [3.63, 3.8) is 0 Å². The van der Waals surface area contributed by atoms with E-state index in [0.29, 0.717) is 25.8 Å². The second-order valence-corrected chi connectivity index (χ2v) is 7.44. The Morgan fingerprint density at radius 2 is 1.81 bits per heavy atom. The van der Waals surface area contributed by atoms with Crippen molar-refractivity contribution in [1.29, 1.82) is 0 Å². The van der Waals surface area contributed by atoms with Crippen LogP contribution in [0.3, 0.4) is 0 Å². The first-order valence-corrected chi connectivity index (χ1v) is 10.8. The van der Waals surface area contributed by atoms with Gasteiger partial charge in [-0.3, -0.25) is 0 Å². The van der Waals surface area contributed by atoms with Gasteiger partial charge in [-0.05, 0) is 55.0 Å². The number of hydrogen-bond donors (Lipinski definition) is 2. The number of nitrogens with zero attached hydrogens (tertiary/aromatic N) is 1. The quantitative estimate of drug-likeness (QED) is 0.280. The number of ether oxygens (including phenoxy) is 2. The SMILES string of the molecule is CCNC(=NCc1cccc(COC2CCOCC2)c1)NCCc1cccc(F)c1.I. The maximum absolute atomic E-state index is 13.3. The molecule has 1 aliphatic heterocycles. The van der Waals surface area contributed by atoms with Crippen molar-refractivity contribution in [2.75, 3.05) is 26.3 Å². The van der Waals surface area contributed by atoms with Crippen molar-refractivity contribution in [2.45, 2.75) is 45.4 Å². The summed E-state index contributed by atoms with van der Waals surface area (Å²) in [6, 6.07) is 15.1. The van der Waals surface area contributed by atoms with Gasteiger partial charge in [0.1, 0.15) is 5.82 Å². The molecule has 1 fully saturated rings. The van der Waals surface area contributed by atoms with Crippen molar-refractivity contribution in [3.8, 4) is 0 Å². The van der Waals surface area contributed by atoms with E-state index in [-0.39, 0.29) is 29.8 Å². The summed E-state index contributed by atoms with van der Waals surface area (Å²) >= 11 is 0. The van der Waals surface area contributed by atoms with Crippen LogP contribution in [-0.2, 0) is 29.0 Å². The molecular weight excluding hydrogens is 508 g/mol. The van der Waals surface area contributed by atoms with E-state index in [0.717, 1.165) is 56.1 Å². The Labute approximate surface area is 201 Å². The van der Waals surface area contributed by atoms with E-state index in [4.69, 9.17) is 9.47 Å². The van der Waals surface area contributed by atoms with E-state index in [2.05, 4.69) is 39.9 Å². The maximum atomic E-state index is 13.3. The summed E-state index contributed by atoms with van der Waals surface area (Å²) in [4.78, 5) is 4.69. The topological polar surface area (TPSA) is 54.9 Å². The number of aliphatic imine (C=N–C) groups is 1. The van der Waals surface area contributed by atoms with Crippen molar-refractivity contribution in [2.24, 2.45) is 4.99 Å². The lowest BCUT2D eigenvalue weighted by molar-refractivity contribution is -0.0390. The Morgan fingerprint density at radius 3 is 2.58 bits per heavy atom. The number of hydrogen-bond acceptors (Lipinski definition) is 3. The molecule has 2 aromatic rings. The second-order valence-electron chi connectivity index (χ2n) is 7.44. The summed E-state index contributed by atoms with van der Waals surface area (Å²) in [7, 11) is 0. The van der Waals surface area contributed by atoms with E-state index in [1.807, 2.05) is 13.0 Å². The smallest absolute Gasteiger partial charge is 0.191 e. The third-order valence-electron chi connectivity index (χ3n) is 5.00. The third-order valence-corrected chi connectivity index (χ3v) is 5.00. The van der Waals surface area contributed by atoms with Gasteiger partial charge in [0.2, 0.25) is 0 Å². The van der Waals surface area contributed by atoms with Crippen LogP contribution in [0.4, 0.5) is 4.39 Å². The predicted molar refractivity (Wildman–Crippen MR) is 133 cm³/mol. The first-order chi connectivity index (χ1) is 14.7. The fraction of sp³-hybridized carbons (Fsp3) is 0.458. The van der Waals surface area contributed by atoms with Crippen LogP contribution < -0.4 is 10.6 Å². The molecule has 170 valence electrons. The van der Waals surface area contributed by atoms with Crippen molar-refractivity contribution >= 4 is 29.9 Å². The van der Waals surface area contributed by atoms with Crippen LogP contribution in [0.15, 0.2) is 53.5 Å². The summed E-state index contributed by atoms with van der Waals surface area (Å²) in [5, 5.41) is 6.58. The zero-order chi connectivity index (χ0) is 21.0. The first-order valence-electron chi connectivity index (χ1n) is 10.8. The van der Waals surface area contributed by atoms with Gasteiger partial charge in [0.25, 0.3) is 0 Å². The lowest BCUT2D eigenvalue weighted by atomic mass is 10.1. The van der Waals surface area contributed by atoms with E-state index in [9.17, 15) is 4.39 Å². The van der Waals surface area contributed by atoms with Crippen LogP contribution in [0.25, 0.3) is 0 Å². The molecule has 0 saturated carbocycles. The molecule has 0 unspecified atom stereocenters. The predicted octanol–water partition coefficient (Wildman–Crippen LogP) is 4.44. The molecule has 2 N–H and O–H groups in total. The van der Waals surface area contributed by atoms with Gasteiger partial charge in [0, 0.05) is 26.3 Å². The van der Waals surface area contributed by atoms with Gasteiger partial charge in [-0.1, -0.05) is 36.4 Å². The van der Waals surface area contributed by atoms with Crippen LogP contribution in [0.2, 0.25) is 0 Å². The average molecular weight is 541 g/mol. The van der Waals surface area contributed by atoms with Crippen LogP contribution in [-0.4, -0.2) is 38.4 Å². The molecule has 0 bridgehead atoms. The highest BCUT2D eigenvalue weighted by molar-refractivity contribution is 14.0. The maximum Gasteiger partial charge on any atom is 0.191 e. The van der Waals surface area contributed by atoms with E-state index in [1.165, 1.54) is 11.6 Å². The molecular formula is C24H33FIN3O2. The Kier molecular flexibility index (Phi) is 11.8. The molecule has 1 heterocycles. The molecule has 1 aliphatic rings. The van der Waals surface area contributed by atoms with Crippen LogP contribution >= 0.6 is 24.0 Å². The molecule has 31 heavy (non-hydrogen) atoms. The molecule has 0 aromatic heterocycles. The molecule has 0 atom stereocenters. The highest BCUT2D eigenvalue weighted by Crippen LogP contribution is 2.14. The number of benzene rings is 2. The molecule has 0 radical (unpaired) electrons. The summed E-state index contributed by atoms with van der Waals surface area (Å²) in [6.07, 6.45) is 2.97. The van der Waals surface area contributed by atoms with Gasteiger partial charge in [-0.15, -0.1) is 24.0 Å². The molecule has 7 heteroatoms. The zero-order valence-electron chi connectivity index (χ0n) is 18.1. The third kappa shape index (κ3) is 9.53. The number of halogens is 2. The average Bonchev–Trinajstić information content (AvgIpc) is 2.77. The minimum atomic E-state index is -0.200. The fourth-order valence-corrected chi connectivity index (χ4v) is 3.40. The van der Waals surface area contributed by atoms with Gasteiger partial charge >= 0.3 is 0 Å². The standard InChI is InChI=1S/C24H32FN3O2.HI/c1-2-26-24(27-12-9-19-5-4-8-22(25)16-19)28-17-20-6-3-7-21(15-20)18-30-23-10-13-29-14-11-23;/h3-8,15-16,23H,2,9-14,17-18H2,1H3,(H2,26,27,28);1H. The van der Waals surface area contributed by atoms with Crippen molar-refractivity contribution in [3.05, 3.63) is 71.0 Å². The molecule has 0 aliphatic carbocycles. The van der Waals surface area contributed by atoms with Crippen LogP contribution in [0.5, 0.6) is 0 Å². The first kappa shape index (κ1) is 25.5. The van der Waals surface area contributed by atoms with Gasteiger partial charge in [-0.25, -0.2) is 9.38 Å². The van der Waals surface area contributed by atoms with Crippen LogP contribution in [0.1, 0.15) is 36.5 Å². The number of rotatable bonds is 9. The Balaban J connectivity index is 0.00000341. The van der Waals surface area contributed by atoms with Gasteiger partial charge in [0.15, 0.2) is 5.96 Å². The second kappa shape index (κ2) is 14.4. The van der Waals surface area contributed by atoms with Crippen molar-refractivity contribution < 1.29 is 13.9 Å². The molecule has 3 rings (SSSR count).